The Balaban J connectivity index is 1.53. The maximum atomic E-state index is 10.1. The summed E-state index contributed by atoms with van der Waals surface area (Å²) in [4.78, 5) is 18.3. The summed E-state index contributed by atoms with van der Waals surface area (Å²) >= 11 is 7.79. The van der Waals surface area contributed by atoms with Crippen LogP contribution in [0.3, 0.4) is 0 Å². The van der Waals surface area contributed by atoms with E-state index >= 15 is 0 Å². The highest BCUT2D eigenvalue weighted by molar-refractivity contribution is 7.19. The van der Waals surface area contributed by atoms with Crippen LogP contribution in [0.25, 0.3) is 21.6 Å². The summed E-state index contributed by atoms with van der Waals surface area (Å²) in [7, 11) is 2.18. The Hall–Kier alpha value is -1.97. The zero-order valence-corrected chi connectivity index (χ0v) is 19.1. The van der Waals surface area contributed by atoms with Crippen LogP contribution in [0.1, 0.15) is 4.88 Å². The van der Waals surface area contributed by atoms with Crippen LogP contribution in [0.5, 0.6) is 5.75 Å². The third-order valence-corrected chi connectivity index (χ3v) is 7.32. The van der Waals surface area contributed by atoms with Crippen molar-refractivity contribution in [3.05, 3.63) is 34.2 Å². The second-order valence-electron chi connectivity index (χ2n) is 8.14. The lowest BCUT2D eigenvalue weighted by Crippen LogP contribution is -2.43. The molecule has 0 aliphatic carbocycles. The maximum absolute atomic E-state index is 10.1. The predicted octanol–water partition coefficient (Wildman–Crippen LogP) is 3.30. The van der Waals surface area contributed by atoms with Gasteiger partial charge in [-0.05, 0) is 31.3 Å². The lowest BCUT2D eigenvalue weighted by molar-refractivity contribution is 0.122. The van der Waals surface area contributed by atoms with Gasteiger partial charge in [-0.25, -0.2) is 9.97 Å². The van der Waals surface area contributed by atoms with Gasteiger partial charge in [0.1, 0.15) is 5.75 Å². The largest absolute Gasteiger partial charge is 0.506 e. The highest BCUT2D eigenvalue weighted by Crippen LogP contribution is 2.36. The van der Waals surface area contributed by atoms with Crippen LogP contribution in [0.2, 0.25) is 5.02 Å². The van der Waals surface area contributed by atoms with Gasteiger partial charge in [0.05, 0.1) is 28.5 Å². The van der Waals surface area contributed by atoms with Gasteiger partial charge in [-0.3, -0.25) is 4.90 Å². The molecule has 4 heterocycles. The fourth-order valence-electron chi connectivity index (χ4n) is 4.04. The van der Waals surface area contributed by atoms with Crippen molar-refractivity contribution >= 4 is 39.0 Å². The summed E-state index contributed by atoms with van der Waals surface area (Å²) in [5.41, 5.74) is 1.71. The number of phenolic OH excluding ortho intramolecular Hbond substituents is 1. The number of hydrogen-bond acceptors (Lipinski definition) is 8. The minimum Gasteiger partial charge on any atom is -0.506 e. The summed E-state index contributed by atoms with van der Waals surface area (Å²) < 4.78 is 6.67. The summed E-state index contributed by atoms with van der Waals surface area (Å²) in [6.45, 7) is 8.33. The zero-order valence-electron chi connectivity index (χ0n) is 17.6. The predicted molar refractivity (Wildman–Crippen MR) is 125 cm³/mol. The fourth-order valence-corrected chi connectivity index (χ4v) is 5.31. The first-order valence-electron chi connectivity index (χ1n) is 10.6. The Morgan fingerprint density at radius 1 is 1.06 bits per heavy atom. The van der Waals surface area contributed by atoms with E-state index in [1.807, 2.05) is 6.07 Å². The highest BCUT2D eigenvalue weighted by Gasteiger charge is 2.22. The number of hydrogen-bond donors (Lipinski definition) is 1. The Bertz CT molecular complexity index is 1080. The van der Waals surface area contributed by atoms with Gasteiger partial charge in [-0.1, -0.05) is 11.6 Å². The van der Waals surface area contributed by atoms with Crippen LogP contribution >= 0.6 is 22.9 Å². The fraction of sp³-hybridized carbons (Fsp3) is 0.455. The first-order valence-corrected chi connectivity index (χ1v) is 11.8. The summed E-state index contributed by atoms with van der Waals surface area (Å²) in [5, 5.41) is 10.4. The molecule has 5 rings (SSSR count). The number of fused-ring (bicyclic) bond motifs is 1. The first-order chi connectivity index (χ1) is 15.1. The van der Waals surface area contributed by atoms with E-state index in [0.717, 1.165) is 67.4 Å². The summed E-state index contributed by atoms with van der Waals surface area (Å²) in [6, 6.07) is 7.36. The molecule has 7 nitrogen and oxygen atoms in total. The van der Waals surface area contributed by atoms with Gasteiger partial charge in [0.15, 0.2) is 11.6 Å². The molecule has 2 aromatic heterocycles. The molecule has 0 amide bonds. The van der Waals surface area contributed by atoms with Crippen LogP contribution in [0.15, 0.2) is 24.3 Å². The number of morpholine rings is 1. The quantitative estimate of drug-likeness (QED) is 0.642. The lowest BCUT2D eigenvalue weighted by Gasteiger charge is -2.31. The molecule has 1 N–H and O–H groups in total. The molecule has 2 aliphatic heterocycles. The number of aromatic nitrogens is 2. The molecule has 0 radical (unpaired) electrons. The Morgan fingerprint density at radius 3 is 2.58 bits per heavy atom. The van der Waals surface area contributed by atoms with Gasteiger partial charge < -0.3 is 19.6 Å². The number of rotatable bonds is 4. The summed E-state index contributed by atoms with van der Waals surface area (Å²) in [5.74, 6) is 1.59. The molecule has 0 atom stereocenters. The van der Waals surface area contributed by atoms with E-state index in [0.29, 0.717) is 24.1 Å². The van der Waals surface area contributed by atoms with E-state index in [1.54, 1.807) is 23.5 Å². The van der Waals surface area contributed by atoms with Crippen molar-refractivity contribution in [1.29, 1.82) is 0 Å². The van der Waals surface area contributed by atoms with Crippen molar-refractivity contribution in [2.45, 2.75) is 6.54 Å². The van der Waals surface area contributed by atoms with Crippen molar-refractivity contribution < 1.29 is 9.84 Å². The number of likely N-dealkylation sites (N-methyl/N-ethyl adjacent to an activating group) is 1. The number of piperazine rings is 1. The zero-order chi connectivity index (χ0) is 21.4. The van der Waals surface area contributed by atoms with Crippen molar-refractivity contribution in [2.24, 2.45) is 0 Å². The van der Waals surface area contributed by atoms with Crippen LogP contribution in [0, 0.1) is 0 Å². The van der Waals surface area contributed by atoms with E-state index < -0.39 is 0 Å². The van der Waals surface area contributed by atoms with Crippen molar-refractivity contribution in [1.82, 2.24) is 19.8 Å². The number of aromatic hydroxyl groups is 1. The third kappa shape index (κ3) is 4.49. The third-order valence-electron chi connectivity index (χ3n) is 5.90. The molecular formula is C22H26ClN5O2S. The van der Waals surface area contributed by atoms with Gasteiger partial charge >= 0.3 is 0 Å². The smallest absolute Gasteiger partial charge is 0.162 e. The van der Waals surface area contributed by atoms with Gasteiger partial charge in [0, 0.05) is 56.3 Å². The van der Waals surface area contributed by atoms with E-state index in [2.05, 4.69) is 27.8 Å². The van der Waals surface area contributed by atoms with Crippen molar-refractivity contribution in [3.63, 3.8) is 0 Å². The molecule has 0 bridgehead atoms. The number of ether oxygens (including phenoxy) is 1. The van der Waals surface area contributed by atoms with E-state index in [1.165, 1.54) is 4.88 Å². The van der Waals surface area contributed by atoms with E-state index in [-0.39, 0.29) is 5.75 Å². The van der Waals surface area contributed by atoms with Crippen LogP contribution < -0.4 is 4.90 Å². The van der Waals surface area contributed by atoms with Crippen molar-refractivity contribution in [2.75, 3.05) is 64.4 Å². The second kappa shape index (κ2) is 8.88. The molecule has 0 saturated carbocycles. The molecule has 1 aromatic carbocycles. The number of anilines is 1. The number of nitrogens with zero attached hydrogens (tertiary/aromatic N) is 5. The van der Waals surface area contributed by atoms with Crippen LogP contribution in [0.4, 0.5) is 5.82 Å². The lowest BCUT2D eigenvalue weighted by atomic mass is 10.2. The SMILES string of the molecule is CN1CCN(Cc2cc3nc(-c4ccc(Cl)c(O)c4)nc(N4CCOCC4)c3s2)CC1. The van der Waals surface area contributed by atoms with Gasteiger partial charge in [0.2, 0.25) is 0 Å². The standard InChI is InChI=1S/C22H26ClN5O2S/c1-26-4-6-27(7-5-26)14-16-13-18-20(31-16)22(28-8-10-30-11-9-28)25-21(24-18)15-2-3-17(23)19(29)12-15/h2-3,12-13,29H,4-11,14H2,1H3. The van der Waals surface area contributed by atoms with Crippen LogP contribution in [-0.2, 0) is 11.3 Å². The normalized spacial score (nSPS) is 18.7. The minimum atomic E-state index is 0.0388. The van der Waals surface area contributed by atoms with Gasteiger partial charge in [-0.2, -0.15) is 0 Å². The van der Waals surface area contributed by atoms with Gasteiger partial charge in [0.25, 0.3) is 0 Å². The molecule has 2 aliphatic rings. The Kier molecular flexibility index (Phi) is 5.99. The average molecular weight is 460 g/mol. The molecule has 9 heteroatoms. The average Bonchev–Trinajstić information content (AvgIpc) is 3.19. The van der Waals surface area contributed by atoms with E-state index in [4.69, 9.17) is 26.3 Å². The number of benzene rings is 1. The minimum absolute atomic E-state index is 0.0388. The van der Waals surface area contributed by atoms with Crippen LogP contribution in [-0.4, -0.2) is 84.4 Å². The monoisotopic (exact) mass is 459 g/mol. The number of halogens is 1. The Morgan fingerprint density at radius 2 is 1.84 bits per heavy atom. The highest BCUT2D eigenvalue weighted by atomic mass is 35.5. The second-order valence-corrected chi connectivity index (χ2v) is 9.69. The molecule has 2 fully saturated rings. The maximum Gasteiger partial charge on any atom is 0.162 e. The van der Waals surface area contributed by atoms with Gasteiger partial charge in [-0.15, -0.1) is 11.3 Å². The molecule has 0 unspecified atom stereocenters. The van der Waals surface area contributed by atoms with Crippen molar-refractivity contribution in [3.8, 4) is 17.1 Å². The molecular weight excluding hydrogens is 434 g/mol. The van der Waals surface area contributed by atoms with E-state index in [9.17, 15) is 5.11 Å². The Labute approximate surface area is 190 Å². The number of phenols is 1. The molecule has 0 spiro atoms. The first kappa shape index (κ1) is 20.9. The molecule has 2 saturated heterocycles. The summed E-state index contributed by atoms with van der Waals surface area (Å²) in [6.07, 6.45) is 0. The molecule has 31 heavy (non-hydrogen) atoms. The molecule has 3 aromatic rings. The molecule has 164 valence electrons. The topological polar surface area (TPSA) is 65.0 Å². The number of thiophene rings is 1.